The average Bonchev–Trinajstić information content (AvgIpc) is 2.93. The second-order valence-corrected chi connectivity index (χ2v) is 10.5. The van der Waals surface area contributed by atoms with Crippen molar-refractivity contribution in [2.45, 2.75) is 36.8 Å². The normalized spacial score (nSPS) is 23.7. The SMILES string of the molecule is Oc1ccc2c(c1)[C@H]1C[C@@](c3cc(O)c(O)c(O)c3)(O2)Oc2cc(O)c3c(c21)O[C@H](c1ccc(O)c(O)c1)[C@@H](O)C3. The van der Waals surface area contributed by atoms with E-state index in [1.807, 2.05) is 0 Å². The number of ether oxygens (including phenoxy) is 3. The third-order valence-corrected chi connectivity index (χ3v) is 7.95. The lowest BCUT2D eigenvalue weighted by atomic mass is 9.76. The summed E-state index contributed by atoms with van der Waals surface area (Å²) >= 11 is 0. The van der Waals surface area contributed by atoms with Crippen LogP contribution >= 0.6 is 0 Å². The molecule has 4 atom stereocenters. The topological polar surface area (TPSA) is 190 Å². The standard InChI is InChI=1S/C30H24O11/c31-14-2-4-24-15(8-14)17-11-30(40-24,13-6-21(35)27(38)22(36)7-13)41-25-10-19(33)16-9-23(37)28(39-29(16)26(17)25)12-1-3-18(32)20(34)5-12/h1-8,10,17,23,28,31-38H,9,11H2/t17-,23+,28-,30-/m1/s1. The van der Waals surface area contributed by atoms with Crippen molar-refractivity contribution in [2.24, 2.45) is 0 Å². The quantitative estimate of drug-likeness (QED) is 0.166. The van der Waals surface area contributed by atoms with E-state index in [0.29, 0.717) is 28.0 Å². The molecule has 7 rings (SSSR count). The molecule has 3 aliphatic heterocycles. The Morgan fingerprint density at radius 3 is 2.17 bits per heavy atom. The van der Waals surface area contributed by atoms with Gasteiger partial charge in [0.15, 0.2) is 28.7 Å². The maximum absolute atomic E-state index is 11.0. The van der Waals surface area contributed by atoms with Gasteiger partial charge in [0.1, 0.15) is 34.9 Å². The molecule has 0 amide bonds. The second kappa shape index (κ2) is 8.42. The Bertz CT molecular complexity index is 1730. The van der Waals surface area contributed by atoms with Crippen LogP contribution < -0.4 is 14.2 Å². The van der Waals surface area contributed by atoms with Crippen LogP contribution in [0.4, 0.5) is 0 Å². The molecule has 0 radical (unpaired) electrons. The Morgan fingerprint density at radius 2 is 1.44 bits per heavy atom. The number of benzene rings is 4. The van der Waals surface area contributed by atoms with E-state index >= 15 is 0 Å². The number of aliphatic hydroxyl groups is 1. The number of aliphatic hydroxyl groups excluding tert-OH is 1. The Morgan fingerprint density at radius 1 is 0.707 bits per heavy atom. The molecule has 11 heteroatoms. The van der Waals surface area contributed by atoms with Crippen LogP contribution in [0.5, 0.6) is 57.5 Å². The van der Waals surface area contributed by atoms with Crippen LogP contribution in [0.3, 0.4) is 0 Å². The Balaban J connectivity index is 1.43. The summed E-state index contributed by atoms with van der Waals surface area (Å²) in [7, 11) is 0. The number of hydrogen-bond acceptors (Lipinski definition) is 11. The van der Waals surface area contributed by atoms with E-state index in [0.717, 1.165) is 0 Å². The number of aromatic hydroxyl groups is 7. The predicted molar refractivity (Wildman–Crippen MR) is 140 cm³/mol. The first-order valence-electron chi connectivity index (χ1n) is 12.8. The minimum absolute atomic E-state index is 0.00170. The average molecular weight is 561 g/mol. The van der Waals surface area contributed by atoms with Crippen LogP contribution in [0.2, 0.25) is 0 Å². The van der Waals surface area contributed by atoms with Crippen LogP contribution in [0.1, 0.15) is 46.3 Å². The van der Waals surface area contributed by atoms with Crippen molar-refractivity contribution < 1.29 is 55.1 Å². The summed E-state index contributed by atoms with van der Waals surface area (Å²) in [5, 5.41) is 82.6. The van der Waals surface area contributed by atoms with Gasteiger partial charge in [-0.15, -0.1) is 0 Å². The van der Waals surface area contributed by atoms with Crippen molar-refractivity contribution in [2.75, 3.05) is 0 Å². The van der Waals surface area contributed by atoms with Crippen LogP contribution in [0, 0.1) is 0 Å². The maximum atomic E-state index is 11.0. The molecule has 41 heavy (non-hydrogen) atoms. The second-order valence-electron chi connectivity index (χ2n) is 10.5. The van der Waals surface area contributed by atoms with E-state index in [9.17, 15) is 40.9 Å². The van der Waals surface area contributed by atoms with Gasteiger partial charge < -0.3 is 55.1 Å². The van der Waals surface area contributed by atoms with Gasteiger partial charge in [-0.25, -0.2) is 0 Å². The molecule has 3 aliphatic rings. The third-order valence-electron chi connectivity index (χ3n) is 7.95. The van der Waals surface area contributed by atoms with Gasteiger partial charge in [-0.2, -0.15) is 0 Å². The fourth-order valence-corrected chi connectivity index (χ4v) is 6.01. The lowest BCUT2D eigenvalue weighted by Crippen LogP contribution is -2.47. The Hall–Kier alpha value is -5.16. The number of phenolic OH excluding ortho intramolecular Hbond substituents is 7. The highest BCUT2D eigenvalue weighted by Gasteiger charge is 2.52. The van der Waals surface area contributed by atoms with Crippen LogP contribution in [0.25, 0.3) is 0 Å². The van der Waals surface area contributed by atoms with Crippen molar-refractivity contribution in [3.63, 3.8) is 0 Å². The molecule has 210 valence electrons. The summed E-state index contributed by atoms with van der Waals surface area (Å²) in [6.07, 6.45) is -2.00. The molecule has 0 unspecified atom stereocenters. The lowest BCUT2D eigenvalue weighted by molar-refractivity contribution is -0.149. The minimum Gasteiger partial charge on any atom is -0.508 e. The molecule has 11 nitrogen and oxygen atoms in total. The van der Waals surface area contributed by atoms with Gasteiger partial charge in [0.05, 0.1) is 6.10 Å². The van der Waals surface area contributed by atoms with E-state index in [1.54, 1.807) is 6.07 Å². The number of fused-ring (bicyclic) bond motifs is 8. The highest BCUT2D eigenvalue weighted by Crippen LogP contribution is 2.61. The van der Waals surface area contributed by atoms with E-state index in [2.05, 4.69) is 0 Å². The van der Waals surface area contributed by atoms with Gasteiger partial charge in [0.25, 0.3) is 5.79 Å². The van der Waals surface area contributed by atoms with Crippen LogP contribution in [0.15, 0.2) is 54.6 Å². The van der Waals surface area contributed by atoms with Gasteiger partial charge in [-0.3, -0.25) is 0 Å². The lowest BCUT2D eigenvalue weighted by Gasteiger charge is -2.47. The maximum Gasteiger partial charge on any atom is 0.279 e. The third kappa shape index (κ3) is 3.62. The molecule has 3 heterocycles. The fraction of sp³-hybridized carbons (Fsp3) is 0.200. The molecule has 0 saturated heterocycles. The number of hydrogen-bond donors (Lipinski definition) is 8. The molecule has 0 aromatic heterocycles. The number of rotatable bonds is 2. The molecule has 4 aromatic rings. The largest absolute Gasteiger partial charge is 0.508 e. The van der Waals surface area contributed by atoms with Gasteiger partial charge in [0, 0.05) is 47.1 Å². The van der Waals surface area contributed by atoms with E-state index < -0.39 is 41.2 Å². The molecule has 4 aromatic carbocycles. The first-order chi connectivity index (χ1) is 19.5. The first kappa shape index (κ1) is 24.9. The zero-order valence-electron chi connectivity index (χ0n) is 21.1. The zero-order chi connectivity index (χ0) is 28.8. The molecule has 0 saturated carbocycles. The van der Waals surface area contributed by atoms with Crippen molar-refractivity contribution >= 4 is 0 Å². The van der Waals surface area contributed by atoms with Crippen molar-refractivity contribution in [3.05, 3.63) is 82.4 Å². The van der Waals surface area contributed by atoms with Gasteiger partial charge >= 0.3 is 0 Å². The molecular formula is C30H24O11. The van der Waals surface area contributed by atoms with Crippen LogP contribution in [-0.4, -0.2) is 47.0 Å². The monoisotopic (exact) mass is 560 g/mol. The summed E-state index contributed by atoms with van der Waals surface area (Å²) in [5.74, 6) is -4.28. The molecule has 0 fully saturated rings. The van der Waals surface area contributed by atoms with Gasteiger partial charge in [-0.1, -0.05) is 6.07 Å². The summed E-state index contributed by atoms with van der Waals surface area (Å²) in [4.78, 5) is 0. The van der Waals surface area contributed by atoms with Gasteiger partial charge in [-0.05, 0) is 48.0 Å². The highest BCUT2D eigenvalue weighted by atomic mass is 16.7. The molecule has 8 N–H and O–H groups in total. The Labute approximate surface area is 231 Å². The summed E-state index contributed by atoms with van der Waals surface area (Å²) in [6, 6.07) is 12.4. The Kier molecular flexibility index (Phi) is 5.10. The van der Waals surface area contributed by atoms with Crippen LogP contribution in [-0.2, 0) is 12.2 Å². The van der Waals surface area contributed by atoms with E-state index in [4.69, 9.17) is 14.2 Å². The number of phenols is 7. The predicted octanol–water partition coefficient (Wildman–Crippen LogP) is 3.82. The molecule has 2 bridgehead atoms. The molecular weight excluding hydrogens is 536 g/mol. The van der Waals surface area contributed by atoms with Gasteiger partial charge in [0.2, 0.25) is 0 Å². The zero-order valence-corrected chi connectivity index (χ0v) is 21.1. The fourth-order valence-electron chi connectivity index (χ4n) is 6.01. The van der Waals surface area contributed by atoms with E-state index in [-0.39, 0.29) is 52.9 Å². The minimum atomic E-state index is -1.62. The summed E-state index contributed by atoms with van der Waals surface area (Å²) in [6.45, 7) is 0. The summed E-state index contributed by atoms with van der Waals surface area (Å²) in [5.41, 5.74) is 2.00. The van der Waals surface area contributed by atoms with Crippen molar-refractivity contribution in [1.29, 1.82) is 0 Å². The molecule has 0 spiro atoms. The summed E-state index contributed by atoms with van der Waals surface area (Å²) < 4.78 is 19.0. The van der Waals surface area contributed by atoms with Crippen molar-refractivity contribution in [1.82, 2.24) is 0 Å². The molecule has 0 aliphatic carbocycles. The van der Waals surface area contributed by atoms with Crippen molar-refractivity contribution in [3.8, 4) is 57.5 Å². The first-order valence-corrected chi connectivity index (χ1v) is 12.8. The highest BCUT2D eigenvalue weighted by molar-refractivity contribution is 5.65. The smallest absolute Gasteiger partial charge is 0.279 e. The van der Waals surface area contributed by atoms with E-state index in [1.165, 1.54) is 48.5 Å².